The monoisotopic (exact) mass is 595 g/mol. The highest BCUT2D eigenvalue weighted by atomic mass is 28.3. The number of hydrogen-bond acceptors (Lipinski definition) is 0. The summed E-state index contributed by atoms with van der Waals surface area (Å²) in [6.07, 6.45) is 26.7. The Kier molecular flexibility index (Phi) is 9.27. The Morgan fingerprint density at radius 3 is 1.40 bits per heavy atom. The van der Waals surface area contributed by atoms with Crippen molar-refractivity contribution in [3.05, 3.63) is 0 Å². The third-order valence-corrected chi connectivity index (χ3v) is 21.8. The van der Waals surface area contributed by atoms with Gasteiger partial charge in [-0.05, 0) is 164 Å². The van der Waals surface area contributed by atoms with Gasteiger partial charge in [0.2, 0.25) is 0 Å². The van der Waals surface area contributed by atoms with Crippen molar-refractivity contribution in [1.82, 2.24) is 0 Å². The van der Waals surface area contributed by atoms with E-state index in [-0.39, 0.29) is 0 Å². The Morgan fingerprint density at radius 2 is 0.905 bits per heavy atom. The highest BCUT2D eigenvalue weighted by Crippen LogP contribution is 2.66. The molecule has 242 valence electrons. The van der Waals surface area contributed by atoms with Crippen LogP contribution in [0.2, 0.25) is 24.2 Å². The molecule has 0 heterocycles. The van der Waals surface area contributed by atoms with Gasteiger partial charge in [-0.15, -0.1) is 0 Å². The van der Waals surface area contributed by atoms with Crippen molar-refractivity contribution in [2.75, 3.05) is 0 Å². The fourth-order valence-electron chi connectivity index (χ4n) is 14.4. The molecule has 6 rings (SSSR count). The number of hydrogen-bond donors (Lipinski definition) is 0. The summed E-state index contributed by atoms with van der Waals surface area (Å²) < 4.78 is 0. The molecule has 6 aliphatic rings. The van der Waals surface area contributed by atoms with E-state index in [2.05, 4.69) is 61.6 Å². The minimum Gasteiger partial charge on any atom is -0.0689 e. The van der Waals surface area contributed by atoms with Gasteiger partial charge in [-0.2, -0.15) is 0 Å². The Hall–Kier alpha value is 0.217. The topological polar surface area (TPSA) is 0 Å². The molecular weight excluding hydrogens is 521 g/mol. The second kappa shape index (κ2) is 12.1. The first-order valence-corrected chi connectivity index (χ1v) is 22.9. The number of rotatable bonds is 4. The van der Waals surface area contributed by atoms with Crippen molar-refractivity contribution >= 4 is 8.07 Å². The third kappa shape index (κ3) is 6.04. The van der Waals surface area contributed by atoms with Crippen molar-refractivity contribution in [3.8, 4) is 0 Å². The molecule has 0 aliphatic heterocycles. The summed E-state index contributed by atoms with van der Waals surface area (Å²) in [4.78, 5) is 0. The summed E-state index contributed by atoms with van der Waals surface area (Å²) in [6.45, 7) is 23.7. The van der Waals surface area contributed by atoms with Crippen LogP contribution in [-0.4, -0.2) is 8.07 Å². The molecule has 0 nitrogen and oxygen atoms in total. The minimum atomic E-state index is -1.35. The van der Waals surface area contributed by atoms with E-state index in [1.54, 1.807) is 83.5 Å². The fourth-order valence-corrected chi connectivity index (χ4v) is 20.5. The fraction of sp³-hybridized carbons (Fsp3) is 1.00. The molecule has 0 spiro atoms. The summed E-state index contributed by atoms with van der Waals surface area (Å²) >= 11 is 0. The van der Waals surface area contributed by atoms with Crippen LogP contribution in [0.1, 0.15) is 158 Å². The smallest absolute Gasteiger partial charge is 0.0544 e. The van der Waals surface area contributed by atoms with Gasteiger partial charge in [0.1, 0.15) is 0 Å². The molecule has 6 fully saturated rings. The van der Waals surface area contributed by atoms with Gasteiger partial charge in [0.25, 0.3) is 0 Å². The largest absolute Gasteiger partial charge is 0.0689 e. The van der Waals surface area contributed by atoms with E-state index in [1.165, 1.54) is 25.7 Å². The van der Waals surface area contributed by atoms with Crippen LogP contribution in [0.15, 0.2) is 0 Å². The van der Waals surface area contributed by atoms with E-state index < -0.39 is 8.07 Å². The minimum absolute atomic E-state index is 0.520. The van der Waals surface area contributed by atoms with Gasteiger partial charge >= 0.3 is 0 Å². The first-order valence-electron chi connectivity index (χ1n) is 19.8. The molecule has 42 heavy (non-hydrogen) atoms. The lowest BCUT2D eigenvalue weighted by Gasteiger charge is -2.50. The molecule has 0 aromatic heterocycles. The summed E-state index contributed by atoms with van der Waals surface area (Å²) in [5.41, 5.74) is 3.31. The predicted octanol–water partition coefficient (Wildman–Crippen LogP) is 13.0. The average Bonchev–Trinajstić information content (AvgIpc) is 3.53. The van der Waals surface area contributed by atoms with Crippen LogP contribution in [0.5, 0.6) is 0 Å². The molecule has 0 bridgehead atoms. The first-order chi connectivity index (χ1) is 19.8. The van der Waals surface area contributed by atoms with Crippen molar-refractivity contribution in [2.24, 2.45) is 75.9 Å². The predicted molar refractivity (Wildman–Crippen MR) is 186 cm³/mol. The van der Waals surface area contributed by atoms with E-state index >= 15 is 0 Å². The maximum absolute atomic E-state index is 2.96. The van der Waals surface area contributed by atoms with Crippen molar-refractivity contribution in [3.63, 3.8) is 0 Å². The standard InChI is InChI=1S/C41H74Si/c1-27-26-37-33(29-18-22-31(23-19-29)41(5,6)7)13-11-15-36(37)39(27)42(8,9)38-25-24-34-32(12-10-14-35(34)38)28-16-20-30(21-17-28)40(2,3)4/h27-39H,10-26H2,1-9H3. The van der Waals surface area contributed by atoms with Gasteiger partial charge in [-0.3, -0.25) is 0 Å². The van der Waals surface area contributed by atoms with Gasteiger partial charge in [-0.1, -0.05) is 93.7 Å². The molecule has 0 aromatic carbocycles. The highest BCUT2D eigenvalue weighted by molar-refractivity contribution is 6.80. The van der Waals surface area contributed by atoms with Crippen LogP contribution in [0, 0.1) is 75.9 Å². The van der Waals surface area contributed by atoms with Gasteiger partial charge < -0.3 is 0 Å². The van der Waals surface area contributed by atoms with Gasteiger partial charge in [0.15, 0.2) is 0 Å². The lowest BCUT2D eigenvalue weighted by atomic mass is 9.61. The van der Waals surface area contributed by atoms with Crippen molar-refractivity contribution < 1.29 is 0 Å². The summed E-state index contributed by atoms with van der Waals surface area (Å²) in [7, 11) is -1.35. The molecule has 0 N–H and O–H groups in total. The zero-order valence-corrected chi connectivity index (χ0v) is 31.0. The zero-order chi connectivity index (χ0) is 30.0. The quantitative estimate of drug-likeness (QED) is 0.284. The second-order valence-corrected chi connectivity index (χ2v) is 25.6. The van der Waals surface area contributed by atoms with E-state index in [0.717, 1.165) is 76.2 Å². The lowest BCUT2D eigenvalue weighted by molar-refractivity contribution is 0.0621. The maximum Gasteiger partial charge on any atom is 0.0544 e. The highest BCUT2D eigenvalue weighted by Gasteiger charge is 2.58. The lowest BCUT2D eigenvalue weighted by Crippen LogP contribution is -2.46. The van der Waals surface area contributed by atoms with Crippen LogP contribution in [0.3, 0.4) is 0 Å². The SMILES string of the molecule is CC1CC2C(C3CCC(C(C)(C)C)CC3)CCCC2C1[Si](C)(C)C1CCC2C(C3CCC(C(C)(C)C)CC3)CCCC21. The summed E-state index contributed by atoms with van der Waals surface area (Å²) in [5.74, 6) is 11.7. The van der Waals surface area contributed by atoms with Gasteiger partial charge in [0.05, 0.1) is 8.07 Å². The van der Waals surface area contributed by atoms with Crippen molar-refractivity contribution in [1.29, 1.82) is 0 Å². The Bertz CT molecular complexity index is 887. The number of fused-ring (bicyclic) bond motifs is 2. The Labute approximate surface area is 265 Å². The molecule has 6 saturated carbocycles. The summed E-state index contributed by atoms with van der Waals surface area (Å²) in [5, 5.41) is 0. The van der Waals surface area contributed by atoms with E-state index in [4.69, 9.17) is 0 Å². The molecule has 6 aliphatic carbocycles. The van der Waals surface area contributed by atoms with Crippen molar-refractivity contribution in [2.45, 2.75) is 182 Å². The average molecular weight is 595 g/mol. The molecule has 9 atom stereocenters. The first kappa shape index (κ1) is 32.2. The van der Waals surface area contributed by atoms with Crippen LogP contribution in [0.4, 0.5) is 0 Å². The second-order valence-electron chi connectivity index (χ2n) is 20.5. The molecule has 0 amide bonds. The van der Waals surface area contributed by atoms with Crippen LogP contribution >= 0.6 is 0 Å². The molecule has 0 aromatic rings. The van der Waals surface area contributed by atoms with Gasteiger partial charge in [0, 0.05) is 0 Å². The Balaban J connectivity index is 1.12. The van der Waals surface area contributed by atoms with Crippen LogP contribution in [0.25, 0.3) is 0 Å². The van der Waals surface area contributed by atoms with Crippen LogP contribution in [-0.2, 0) is 0 Å². The molecule has 9 unspecified atom stereocenters. The van der Waals surface area contributed by atoms with E-state index in [1.807, 2.05) is 0 Å². The normalized spacial score (nSPS) is 47.2. The Morgan fingerprint density at radius 1 is 0.452 bits per heavy atom. The van der Waals surface area contributed by atoms with E-state index in [0.29, 0.717) is 10.8 Å². The molecule has 0 radical (unpaired) electrons. The van der Waals surface area contributed by atoms with E-state index in [9.17, 15) is 0 Å². The maximum atomic E-state index is 2.96. The summed E-state index contributed by atoms with van der Waals surface area (Å²) in [6, 6.07) is 0. The molecular formula is C41H74Si. The molecule has 0 saturated heterocycles. The third-order valence-electron chi connectivity index (χ3n) is 16.4. The molecule has 1 heteroatoms. The van der Waals surface area contributed by atoms with Gasteiger partial charge in [-0.25, -0.2) is 0 Å². The zero-order valence-electron chi connectivity index (χ0n) is 30.0. The van der Waals surface area contributed by atoms with Crippen LogP contribution < -0.4 is 0 Å².